The minimum Gasteiger partial charge on any atom is -0.329 e. The minimum atomic E-state index is 0.319. The Labute approximate surface area is 104 Å². The van der Waals surface area contributed by atoms with E-state index in [2.05, 4.69) is 30.2 Å². The summed E-state index contributed by atoms with van der Waals surface area (Å²) in [5, 5.41) is 4.51. The summed E-state index contributed by atoms with van der Waals surface area (Å²) in [4.78, 5) is 2.40. The number of nitrogens with zero attached hydrogens (tertiary/aromatic N) is 3. The highest BCUT2D eigenvalue weighted by Gasteiger charge is 2.27. The van der Waals surface area contributed by atoms with Gasteiger partial charge in [0.25, 0.3) is 0 Å². The van der Waals surface area contributed by atoms with Gasteiger partial charge in [0.2, 0.25) is 0 Å². The van der Waals surface area contributed by atoms with Crippen LogP contribution in [0.3, 0.4) is 0 Å². The highest BCUT2D eigenvalue weighted by molar-refractivity contribution is 5.22. The maximum Gasteiger partial charge on any atom is 0.0670 e. The average Bonchev–Trinajstić information content (AvgIpc) is 3.02. The molecule has 2 N–H and O–H groups in total. The van der Waals surface area contributed by atoms with Gasteiger partial charge in [-0.15, -0.1) is 0 Å². The second-order valence-electron chi connectivity index (χ2n) is 5.19. The molecule has 0 spiro atoms. The number of hydrogen-bond donors (Lipinski definition) is 1. The molecule has 1 fully saturated rings. The van der Waals surface area contributed by atoms with Gasteiger partial charge in [0.05, 0.1) is 11.7 Å². The Kier molecular flexibility index (Phi) is 3.84. The van der Waals surface area contributed by atoms with E-state index in [4.69, 9.17) is 5.73 Å². The Morgan fingerprint density at radius 3 is 2.82 bits per heavy atom. The van der Waals surface area contributed by atoms with Crippen LogP contribution in [0.5, 0.6) is 0 Å². The highest BCUT2D eigenvalue weighted by Crippen LogP contribution is 2.32. The zero-order chi connectivity index (χ0) is 12.4. The fraction of sp³-hybridized carbons (Fsp3) is 0.769. The topological polar surface area (TPSA) is 47.1 Å². The van der Waals surface area contributed by atoms with Gasteiger partial charge in [0.1, 0.15) is 0 Å². The summed E-state index contributed by atoms with van der Waals surface area (Å²) < 4.78 is 1.90. The van der Waals surface area contributed by atoms with Gasteiger partial charge in [0, 0.05) is 31.9 Å². The molecule has 4 heteroatoms. The van der Waals surface area contributed by atoms with E-state index < -0.39 is 0 Å². The Bertz CT molecular complexity index is 367. The summed E-state index contributed by atoms with van der Waals surface area (Å²) in [6.45, 7) is 3.99. The molecular formula is C13H24N4. The third-order valence-electron chi connectivity index (χ3n) is 3.63. The van der Waals surface area contributed by atoms with Gasteiger partial charge in [-0.25, -0.2) is 0 Å². The summed E-state index contributed by atoms with van der Waals surface area (Å²) in [6.07, 6.45) is 5.87. The molecule has 0 aromatic carbocycles. The summed E-state index contributed by atoms with van der Waals surface area (Å²) in [6, 6.07) is 0.319. The quantitative estimate of drug-likeness (QED) is 0.810. The van der Waals surface area contributed by atoms with Crippen molar-refractivity contribution in [3.8, 4) is 0 Å². The van der Waals surface area contributed by atoms with Crippen LogP contribution in [-0.2, 0) is 13.5 Å². The molecule has 1 aromatic heterocycles. The number of rotatable bonds is 6. The zero-order valence-corrected chi connectivity index (χ0v) is 11.2. The Morgan fingerprint density at radius 2 is 2.29 bits per heavy atom. The molecular weight excluding hydrogens is 212 g/mol. The summed E-state index contributed by atoms with van der Waals surface area (Å²) in [5.41, 5.74) is 8.45. The van der Waals surface area contributed by atoms with Crippen LogP contribution in [-0.4, -0.2) is 34.8 Å². The first-order valence-electron chi connectivity index (χ1n) is 6.58. The summed E-state index contributed by atoms with van der Waals surface area (Å²) in [7, 11) is 4.17. The van der Waals surface area contributed by atoms with Crippen molar-refractivity contribution < 1.29 is 0 Å². The van der Waals surface area contributed by atoms with Crippen molar-refractivity contribution in [1.29, 1.82) is 0 Å². The molecule has 1 saturated carbocycles. The number of nitrogens with two attached hydrogens (primary N) is 1. The van der Waals surface area contributed by atoms with E-state index in [0.717, 1.165) is 12.3 Å². The third-order valence-corrected chi connectivity index (χ3v) is 3.63. The Balaban J connectivity index is 2.14. The summed E-state index contributed by atoms with van der Waals surface area (Å²) >= 11 is 0. The highest BCUT2D eigenvalue weighted by atomic mass is 15.3. The number of aromatic nitrogens is 2. The first-order chi connectivity index (χ1) is 8.15. The van der Waals surface area contributed by atoms with E-state index in [1.807, 2.05) is 11.7 Å². The van der Waals surface area contributed by atoms with Gasteiger partial charge in [-0.3, -0.25) is 9.58 Å². The standard InChI is InChI=1S/C13H24N4/c1-4-12-11(9-17(3)15-12)13(7-14)16(2)8-10-5-6-10/h9-10,13H,4-8,14H2,1-3H3. The molecule has 0 radical (unpaired) electrons. The molecule has 0 amide bonds. The van der Waals surface area contributed by atoms with E-state index in [1.54, 1.807) is 0 Å². The van der Waals surface area contributed by atoms with Crippen LogP contribution in [0.2, 0.25) is 0 Å². The Morgan fingerprint density at radius 1 is 1.59 bits per heavy atom. The van der Waals surface area contributed by atoms with Crippen molar-refractivity contribution in [2.75, 3.05) is 20.1 Å². The van der Waals surface area contributed by atoms with Crippen molar-refractivity contribution in [3.63, 3.8) is 0 Å². The largest absolute Gasteiger partial charge is 0.329 e. The fourth-order valence-corrected chi connectivity index (χ4v) is 2.49. The third kappa shape index (κ3) is 2.87. The fourth-order valence-electron chi connectivity index (χ4n) is 2.49. The van der Waals surface area contributed by atoms with Crippen LogP contribution >= 0.6 is 0 Å². The van der Waals surface area contributed by atoms with Crippen LogP contribution in [0.4, 0.5) is 0 Å². The van der Waals surface area contributed by atoms with Crippen LogP contribution in [0.15, 0.2) is 6.20 Å². The predicted octanol–water partition coefficient (Wildman–Crippen LogP) is 1.32. The lowest BCUT2D eigenvalue weighted by Gasteiger charge is -2.26. The van der Waals surface area contributed by atoms with Gasteiger partial charge in [-0.2, -0.15) is 5.10 Å². The van der Waals surface area contributed by atoms with Gasteiger partial charge in [0.15, 0.2) is 0 Å². The normalized spacial score (nSPS) is 17.7. The van der Waals surface area contributed by atoms with Crippen LogP contribution in [0, 0.1) is 5.92 Å². The molecule has 1 unspecified atom stereocenters. The molecule has 1 atom stereocenters. The molecule has 0 aliphatic heterocycles. The average molecular weight is 236 g/mol. The van der Waals surface area contributed by atoms with Gasteiger partial charge in [-0.1, -0.05) is 6.92 Å². The second-order valence-corrected chi connectivity index (χ2v) is 5.19. The van der Waals surface area contributed by atoms with Gasteiger partial charge in [-0.05, 0) is 32.2 Å². The molecule has 0 saturated heterocycles. The first kappa shape index (κ1) is 12.6. The molecule has 1 aromatic rings. The number of likely N-dealkylation sites (N-methyl/N-ethyl adjacent to an activating group) is 1. The van der Waals surface area contributed by atoms with E-state index in [1.165, 1.54) is 30.6 Å². The zero-order valence-electron chi connectivity index (χ0n) is 11.2. The molecule has 17 heavy (non-hydrogen) atoms. The van der Waals surface area contributed by atoms with Crippen LogP contribution < -0.4 is 5.73 Å². The molecule has 4 nitrogen and oxygen atoms in total. The first-order valence-corrected chi connectivity index (χ1v) is 6.58. The molecule has 0 bridgehead atoms. The molecule has 1 aliphatic carbocycles. The van der Waals surface area contributed by atoms with Crippen molar-refractivity contribution in [2.45, 2.75) is 32.2 Å². The maximum atomic E-state index is 5.96. The van der Waals surface area contributed by atoms with Crippen molar-refractivity contribution in [1.82, 2.24) is 14.7 Å². The monoisotopic (exact) mass is 236 g/mol. The van der Waals surface area contributed by atoms with E-state index in [0.29, 0.717) is 12.6 Å². The van der Waals surface area contributed by atoms with Crippen molar-refractivity contribution >= 4 is 0 Å². The van der Waals surface area contributed by atoms with E-state index in [-0.39, 0.29) is 0 Å². The van der Waals surface area contributed by atoms with Crippen LogP contribution in [0.25, 0.3) is 0 Å². The van der Waals surface area contributed by atoms with Crippen molar-refractivity contribution in [3.05, 3.63) is 17.5 Å². The number of aryl methyl sites for hydroxylation is 2. The van der Waals surface area contributed by atoms with Crippen LogP contribution in [0.1, 0.15) is 37.1 Å². The number of hydrogen-bond acceptors (Lipinski definition) is 3. The smallest absolute Gasteiger partial charge is 0.0670 e. The van der Waals surface area contributed by atoms with Gasteiger partial charge >= 0.3 is 0 Å². The predicted molar refractivity (Wildman–Crippen MR) is 69.7 cm³/mol. The molecule has 96 valence electrons. The minimum absolute atomic E-state index is 0.319. The van der Waals surface area contributed by atoms with Crippen molar-refractivity contribution in [2.24, 2.45) is 18.7 Å². The lowest BCUT2D eigenvalue weighted by atomic mass is 10.0. The molecule has 1 aliphatic rings. The SMILES string of the molecule is CCc1nn(C)cc1C(CN)N(C)CC1CC1. The second kappa shape index (κ2) is 5.19. The molecule has 2 rings (SSSR count). The lowest BCUT2D eigenvalue weighted by Crippen LogP contribution is -2.32. The Hall–Kier alpha value is -0.870. The maximum absolute atomic E-state index is 5.96. The lowest BCUT2D eigenvalue weighted by molar-refractivity contribution is 0.239. The van der Waals surface area contributed by atoms with Gasteiger partial charge < -0.3 is 5.73 Å². The van der Waals surface area contributed by atoms with E-state index >= 15 is 0 Å². The molecule has 1 heterocycles. The van der Waals surface area contributed by atoms with E-state index in [9.17, 15) is 0 Å². The summed E-state index contributed by atoms with van der Waals surface area (Å²) in [5.74, 6) is 0.899.